The molecule has 5 nitrogen and oxygen atoms in total. The Morgan fingerprint density at radius 2 is 1.12 bits per heavy atom. The Balaban J connectivity index is 1.29. The highest BCUT2D eigenvalue weighted by molar-refractivity contribution is 14.1. The molecule has 42 heavy (non-hydrogen) atoms. The maximum Gasteiger partial charge on any atom is 0.343 e. The van der Waals surface area contributed by atoms with Gasteiger partial charge in [-0.25, -0.2) is 4.79 Å². The van der Waals surface area contributed by atoms with Crippen molar-refractivity contribution in [2.45, 2.75) is 80.9 Å². The zero-order valence-electron chi connectivity index (χ0n) is 23.3. The van der Waals surface area contributed by atoms with Gasteiger partial charge in [0.1, 0.15) is 10.6 Å². The van der Waals surface area contributed by atoms with Crippen molar-refractivity contribution in [3.63, 3.8) is 0 Å². The molecule has 8 fully saturated rings. The SMILES string of the molecule is O=C(Oc1cc(I)cc(I)c1I)c1cc(C2C3CC4CC(C3)CC2C4)c(S(=O)(=O)O)c(C2C3CC4CC(C3)CC2C4)c1. The van der Waals surface area contributed by atoms with Crippen LogP contribution in [0, 0.1) is 58.1 Å². The summed E-state index contributed by atoms with van der Waals surface area (Å²) in [5, 5.41) is 0. The van der Waals surface area contributed by atoms with Gasteiger partial charge in [-0.15, -0.1) is 0 Å². The van der Waals surface area contributed by atoms with E-state index in [0.29, 0.717) is 46.1 Å². The molecule has 0 unspecified atom stereocenters. The van der Waals surface area contributed by atoms with Crippen LogP contribution in [0.2, 0.25) is 0 Å². The first-order valence-corrected chi connectivity index (χ1v) is 20.2. The molecule has 1 N–H and O–H groups in total. The minimum Gasteiger partial charge on any atom is -0.422 e. The van der Waals surface area contributed by atoms with Gasteiger partial charge in [0, 0.05) is 7.14 Å². The van der Waals surface area contributed by atoms with Crippen molar-refractivity contribution < 1.29 is 22.5 Å². The number of hydrogen-bond acceptors (Lipinski definition) is 4. The van der Waals surface area contributed by atoms with Crippen molar-refractivity contribution in [1.29, 1.82) is 0 Å². The van der Waals surface area contributed by atoms with Crippen molar-refractivity contribution in [1.82, 2.24) is 0 Å². The number of rotatable bonds is 5. The number of ether oxygens (including phenoxy) is 1. The molecule has 10 rings (SSSR count). The molecule has 8 saturated carbocycles. The van der Waals surface area contributed by atoms with Crippen LogP contribution in [-0.2, 0) is 10.1 Å². The van der Waals surface area contributed by atoms with Gasteiger partial charge in [0.05, 0.1) is 9.13 Å². The minimum atomic E-state index is -4.50. The molecule has 0 saturated heterocycles. The third-order valence-corrected chi connectivity index (χ3v) is 16.6. The lowest BCUT2D eigenvalue weighted by molar-refractivity contribution is -0.00689. The molecule has 8 aliphatic carbocycles. The highest BCUT2D eigenvalue weighted by Crippen LogP contribution is 2.63. The van der Waals surface area contributed by atoms with Crippen LogP contribution in [0.15, 0.2) is 29.2 Å². The second-order valence-corrected chi connectivity index (χ2v) is 19.3. The number of hydrogen-bond donors (Lipinski definition) is 1. The van der Waals surface area contributed by atoms with Crippen LogP contribution >= 0.6 is 67.8 Å². The van der Waals surface area contributed by atoms with E-state index in [4.69, 9.17) is 4.74 Å². The Morgan fingerprint density at radius 1 is 0.690 bits per heavy atom. The predicted octanol–water partition coefficient (Wildman–Crippen LogP) is 9.05. The van der Waals surface area contributed by atoms with Crippen molar-refractivity contribution in [2.75, 3.05) is 0 Å². The Bertz CT molecular complexity index is 1470. The first-order valence-electron chi connectivity index (χ1n) is 15.5. The maximum atomic E-state index is 14.0. The molecule has 0 atom stereocenters. The summed E-state index contributed by atoms with van der Waals surface area (Å²) in [6.07, 6.45) is 11.6. The van der Waals surface area contributed by atoms with E-state index >= 15 is 0 Å². The predicted molar refractivity (Wildman–Crippen MR) is 185 cm³/mol. The molecule has 224 valence electrons. The average Bonchev–Trinajstić information content (AvgIpc) is 2.89. The molecule has 0 amide bonds. The highest BCUT2D eigenvalue weighted by atomic mass is 127. The lowest BCUT2D eigenvalue weighted by Crippen LogP contribution is -2.45. The lowest BCUT2D eigenvalue weighted by Gasteiger charge is -2.56. The zero-order chi connectivity index (χ0) is 29.1. The fraction of sp³-hybridized carbons (Fsp3) is 0.606. The smallest absolute Gasteiger partial charge is 0.343 e. The maximum absolute atomic E-state index is 14.0. The van der Waals surface area contributed by atoms with E-state index in [-0.39, 0.29) is 16.7 Å². The van der Waals surface area contributed by atoms with Gasteiger partial charge >= 0.3 is 5.97 Å². The van der Waals surface area contributed by atoms with E-state index in [2.05, 4.69) is 73.8 Å². The molecule has 9 heteroatoms. The summed E-state index contributed by atoms with van der Waals surface area (Å²) in [6, 6.07) is 7.55. The van der Waals surface area contributed by atoms with E-state index in [1.807, 2.05) is 18.2 Å². The van der Waals surface area contributed by atoms with Gasteiger partial charge in [0.25, 0.3) is 10.1 Å². The Labute approximate surface area is 289 Å². The summed E-state index contributed by atoms with van der Waals surface area (Å²) < 4.78 is 46.9. The van der Waals surface area contributed by atoms with Crippen LogP contribution < -0.4 is 4.74 Å². The van der Waals surface area contributed by atoms with Crippen LogP contribution in [0.5, 0.6) is 5.75 Å². The van der Waals surface area contributed by atoms with Crippen molar-refractivity contribution in [3.8, 4) is 5.75 Å². The topological polar surface area (TPSA) is 80.7 Å². The van der Waals surface area contributed by atoms with Gasteiger partial charge in [-0.3, -0.25) is 4.55 Å². The first-order chi connectivity index (χ1) is 20.0. The summed E-state index contributed by atoms with van der Waals surface area (Å²) in [5.41, 5.74) is 1.84. The fourth-order valence-corrected chi connectivity index (χ4v) is 14.4. The normalized spacial score (nSPS) is 37.8. The first kappa shape index (κ1) is 29.4. The van der Waals surface area contributed by atoms with Crippen LogP contribution in [0.1, 0.15) is 97.5 Å². The molecule has 0 aliphatic heterocycles. The standard InChI is InChI=1S/C33H35I3O5S/c34-24-13-27(35)31(36)28(14-24)41-33(37)23-11-25(29-19-3-15-1-16(5-19)6-20(29)4-15)32(42(38,39)40)26(12-23)30-21-7-17-2-18(9-21)10-22(30)8-17/h11-22,29-30H,1-10H2,(H,38,39,40). The summed E-state index contributed by atoms with van der Waals surface area (Å²) in [5.74, 6) is 4.82. The van der Waals surface area contributed by atoms with Crippen molar-refractivity contribution >= 4 is 83.9 Å². The Hall–Kier alpha value is 0.01000. The van der Waals surface area contributed by atoms with Gasteiger partial charge in [-0.1, -0.05) is 0 Å². The van der Waals surface area contributed by atoms with Crippen molar-refractivity contribution in [2.24, 2.45) is 47.3 Å². The van der Waals surface area contributed by atoms with Crippen LogP contribution in [0.3, 0.4) is 0 Å². The summed E-state index contributed by atoms with van der Waals surface area (Å²) in [4.78, 5) is 14.1. The third-order valence-electron chi connectivity index (χ3n) is 12.0. The van der Waals surface area contributed by atoms with Gasteiger partial charge in [-0.05, 0) is 227 Å². The lowest BCUT2D eigenvalue weighted by atomic mass is 9.49. The van der Waals surface area contributed by atoms with E-state index in [9.17, 15) is 17.8 Å². The molecule has 2 aromatic rings. The highest BCUT2D eigenvalue weighted by Gasteiger charge is 2.53. The van der Waals surface area contributed by atoms with Gasteiger partial charge in [0.2, 0.25) is 0 Å². The van der Waals surface area contributed by atoms with E-state index < -0.39 is 16.1 Å². The van der Waals surface area contributed by atoms with Crippen LogP contribution in [0.4, 0.5) is 0 Å². The molecule has 0 radical (unpaired) electrons. The van der Waals surface area contributed by atoms with Gasteiger partial charge in [0.15, 0.2) is 0 Å². The van der Waals surface area contributed by atoms with Gasteiger partial charge in [-0.2, -0.15) is 8.42 Å². The summed E-state index contributed by atoms with van der Waals surface area (Å²) in [6.45, 7) is 0. The van der Waals surface area contributed by atoms with Crippen molar-refractivity contribution in [3.05, 3.63) is 51.7 Å². The Morgan fingerprint density at radius 3 is 1.52 bits per heavy atom. The largest absolute Gasteiger partial charge is 0.422 e. The number of esters is 1. The molecule has 8 bridgehead atoms. The summed E-state index contributed by atoms with van der Waals surface area (Å²) in [7, 11) is -4.50. The van der Waals surface area contributed by atoms with Gasteiger partial charge < -0.3 is 4.74 Å². The van der Waals surface area contributed by atoms with E-state index in [0.717, 1.165) is 85.7 Å². The molecule has 0 heterocycles. The minimum absolute atomic E-state index is 0.0665. The Kier molecular flexibility index (Phi) is 7.56. The molecular formula is C33H35I3O5S. The van der Waals surface area contributed by atoms with Crippen LogP contribution in [0.25, 0.3) is 0 Å². The fourth-order valence-electron chi connectivity index (χ4n) is 11.2. The number of carbonyl (C=O) groups is 1. The molecule has 8 aliphatic rings. The molecule has 0 spiro atoms. The second-order valence-electron chi connectivity index (χ2n) is 14.5. The quantitative estimate of drug-likeness (QED) is 0.107. The van der Waals surface area contributed by atoms with Crippen LogP contribution in [-0.4, -0.2) is 18.9 Å². The monoisotopic (exact) mass is 924 g/mol. The number of benzene rings is 2. The number of carbonyl (C=O) groups excluding carboxylic acids is 1. The van der Waals surface area contributed by atoms with E-state index in [1.54, 1.807) is 0 Å². The average molecular weight is 924 g/mol. The molecule has 0 aromatic heterocycles. The third kappa shape index (κ3) is 5.03. The molecular weight excluding hydrogens is 889 g/mol. The summed E-state index contributed by atoms with van der Waals surface area (Å²) >= 11 is 6.72. The molecule has 2 aromatic carbocycles. The zero-order valence-corrected chi connectivity index (χ0v) is 30.6. The number of halogens is 3. The second kappa shape index (κ2) is 10.8. The van der Waals surface area contributed by atoms with E-state index in [1.165, 1.54) is 12.8 Å².